The molecule has 1 aromatic carbocycles. The van der Waals surface area contributed by atoms with Gasteiger partial charge in [0.1, 0.15) is 0 Å². The standard InChI is InChI=1S/C14H21N3O4/c1-4-10(2)16(3)9-8-15-14(19)11-6-5-7-12(13(11)18)17(20)21/h5-7,10,18H,4,8-9H2,1-3H3,(H,15,19). The number of hydrogen-bond acceptors (Lipinski definition) is 5. The van der Waals surface area contributed by atoms with Gasteiger partial charge >= 0.3 is 5.69 Å². The number of nitrogens with one attached hydrogen (secondary N) is 1. The summed E-state index contributed by atoms with van der Waals surface area (Å²) in [6.07, 6.45) is 1.01. The predicted octanol–water partition coefficient (Wildman–Crippen LogP) is 1.76. The highest BCUT2D eigenvalue weighted by Gasteiger charge is 2.20. The Balaban J connectivity index is 2.65. The first kappa shape index (κ1) is 16.9. The van der Waals surface area contributed by atoms with Gasteiger partial charge in [-0.3, -0.25) is 14.9 Å². The van der Waals surface area contributed by atoms with Crippen LogP contribution in [-0.2, 0) is 0 Å². The molecule has 0 aliphatic carbocycles. The number of nitro benzene ring substituents is 1. The summed E-state index contributed by atoms with van der Waals surface area (Å²) in [4.78, 5) is 24.0. The lowest BCUT2D eigenvalue weighted by atomic mass is 10.1. The lowest BCUT2D eigenvalue weighted by Gasteiger charge is -2.23. The van der Waals surface area contributed by atoms with E-state index in [1.807, 2.05) is 7.05 Å². The third-order valence-electron chi connectivity index (χ3n) is 3.55. The summed E-state index contributed by atoms with van der Waals surface area (Å²) in [6.45, 7) is 5.24. The van der Waals surface area contributed by atoms with Gasteiger partial charge in [0.05, 0.1) is 10.5 Å². The topological polar surface area (TPSA) is 95.7 Å². The number of aromatic hydroxyl groups is 1. The first-order valence-electron chi connectivity index (χ1n) is 6.83. The molecule has 21 heavy (non-hydrogen) atoms. The molecule has 2 N–H and O–H groups in total. The zero-order valence-electron chi connectivity index (χ0n) is 12.5. The van der Waals surface area contributed by atoms with Crippen molar-refractivity contribution in [1.29, 1.82) is 0 Å². The normalized spacial score (nSPS) is 12.2. The van der Waals surface area contributed by atoms with E-state index in [-0.39, 0.29) is 5.56 Å². The average molecular weight is 295 g/mol. The van der Waals surface area contributed by atoms with Crippen molar-refractivity contribution >= 4 is 11.6 Å². The summed E-state index contributed by atoms with van der Waals surface area (Å²) in [7, 11) is 1.96. The lowest BCUT2D eigenvalue weighted by molar-refractivity contribution is -0.385. The maximum atomic E-state index is 11.9. The van der Waals surface area contributed by atoms with E-state index in [0.717, 1.165) is 12.5 Å². The van der Waals surface area contributed by atoms with Gasteiger partial charge in [0.2, 0.25) is 5.75 Å². The van der Waals surface area contributed by atoms with E-state index in [1.54, 1.807) is 0 Å². The van der Waals surface area contributed by atoms with Crippen LogP contribution >= 0.6 is 0 Å². The molecule has 0 radical (unpaired) electrons. The van der Waals surface area contributed by atoms with Crippen LogP contribution in [0.5, 0.6) is 5.75 Å². The van der Waals surface area contributed by atoms with Gasteiger partial charge in [-0.1, -0.05) is 13.0 Å². The van der Waals surface area contributed by atoms with Crippen molar-refractivity contribution in [2.45, 2.75) is 26.3 Å². The lowest BCUT2D eigenvalue weighted by Crippen LogP contribution is -2.37. The number of carbonyl (C=O) groups is 1. The molecule has 0 aliphatic heterocycles. The summed E-state index contributed by atoms with van der Waals surface area (Å²) in [5.41, 5.74) is -0.560. The Morgan fingerprint density at radius 3 is 2.76 bits per heavy atom. The zero-order valence-corrected chi connectivity index (χ0v) is 12.5. The first-order valence-corrected chi connectivity index (χ1v) is 6.83. The van der Waals surface area contributed by atoms with Gasteiger partial charge in [-0.2, -0.15) is 0 Å². The zero-order chi connectivity index (χ0) is 16.0. The van der Waals surface area contributed by atoms with Crippen LogP contribution in [-0.4, -0.2) is 47.0 Å². The quantitative estimate of drug-likeness (QED) is 0.590. The van der Waals surface area contributed by atoms with Gasteiger partial charge in [-0.25, -0.2) is 0 Å². The van der Waals surface area contributed by atoms with Crippen LogP contribution < -0.4 is 5.32 Å². The Hall–Kier alpha value is -2.15. The van der Waals surface area contributed by atoms with Crippen LogP contribution in [0.1, 0.15) is 30.6 Å². The molecule has 7 nitrogen and oxygen atoms in total. The summed E-state index contributed by atoms with van der Waals surface area (Å²) in [5.74, 6) is -1.12. The number of phenolic OH excluding ortho intramolecular Hbond substituents is 1. The van der Waals surface area contributed by atoms with E-state index in [2.05, 4.69) is 24.1 Å². The van der Waals surface area contributed by atoms with Crippen molar-refractivity contribution in [3.8, 4) is 5.75 Å². The van der Waals surface area contributed by atoms with E-state index in [0.29, 0.717) is 19.1 Å². The van der Waals surface area contributed by atoms with Crippen molar-refractivity contribution in [3.05, 3.63) is 33.9 Å². The molecule has 0 aromatic heterocycles. The minimum absolute atomic E-state index is 0.0876. The number of benzene rings is 1. The summed E-state index contributed by atoms with van der Waals surface area (Å²) in [6, 6.07) is 4.30. The van der Waals surface area contributed by atoms with Crippen LogP contribution in [0, 0.1) is 10.1 Å². The van der Waals surface area contributed by atoms with E-state index < -0.39 is 22.3 Å². The molecule has 1 aromatic rings. The molecule has 116 valence electrons. The Labute approximate surface area is 123 Å². The fraction of sp³-hybridized carbons (Fsp3) is 0.500. The highest BCUT2D eigenvalue weighted by atomic mass is 16.6. The van der Waals surface area contributed by atoms with Gasteiger partial charge < -0.3 is 15.3 Å². The maximum Gasteiger partial charge on any atom is 0.311 e. The molecular weight excluding hydrogens is 274 g/mol. The molecule has 1 unspecified atom stereocenters. The van der Waals surface area contributed by atoms with Crippen LogP contribution in [0.15, 0.2) is 18.2 Å². The molecule has 0 bridgehead atoms. The van der Waals surface area contributed by atoms with E-state index >= 15 is 0 Å². The largest absolute Gasteiger partial charge is 0.502 e. The van der Waals surface area contributed by atoms with Crippen LogP contribution in [0.3, 0.4) is 0 Å². The SMILES string of the molecule is CCC(C)N(C)CCNC(=O)c1cccc([N+](=O)[O-])c1O. The highest BCUT2D eigenvalue weighted by molar-refractivity contribution is 5.98. The molecular formula is C14H21N3O4. The Bertz CT molecular complexity index is 519. The number of nitrogens with zero attached hydrogens (tertiary/aromatic N) is 2. The number of rotatable bonds is 7. The van der Waals surface area contributed by atoms with Crippen molar-refractivity contribution in [2.75, 3.05) is 20.1 Å². The molecule has 7 heteroatoms. The molecule has 1 atom stereocenters. The molecule has 1 amide bonds. The van der Waals surface area contributed by atoms with Crippen molar-refractivity contribution in [2.24, 2.45) is 0 Å². The number of para-hydroxylation sites is 1. The van der Waals surface area contributed by atoms with E-state index in [9.17, 15) is 20.0 Å². The second-order valence-electron chi connectivity index (χ2n) is 4.92. The number of likely N-dealkylation sites (N-methyl/N-ethyl adjacent to an activating group) is 1. The molecule has 0 fully saturated rings. The summed E-state index contributed by atoms with van der Waals surface area (Å²) < 4.78 is 0. The van der Waals surface area contributed by atoms with Crippen LogP contribution in [0.4, 0.5) is 5.69 Å². The third kappa shape index (κ3) is 4.42. The molecule has 0 heterocycles. The average Bonchev–Trinajstić information content (AvgIpc) is 2.45. The van der Waals surface area contributed by atoms with Gasteiger partial charge in [-0.15, -0.1) is 0 Å². The number of nitro groups is 1. The van der Waals surface area contributed by atoms with Gasteiger partial charge in [-0.05, 0) is 26.5 Å². The Kier molecular flexibility index (Phi) is 6.10. The van der Waals surface area contributed by atoms with Crippen LogP contribution in [0.2, 0.25) is 0 Å². The van der Waals surface area contributed by atoms with Gasteiger partial charge in [0.25, 0.3) is 5.91 Å². The number of phenols is 1. The number of hydrogen-bond donors (Lipinski definition) is 2. The fourth-order valence-electron chi connectivity index (χ4n) is 1.83. The summed E-state index contributed by atoms with van der Waals surface area (Å²) in [5, 5.41) is 23.1. The molecule has 0 saturated carbocycles. The second kappa shape index (κ2) is 7.58. The smallest absolute Gasteiger partial charge is 0.311 e. The first-order chi connectivity index (χ1) is 9.88. The van der Waals surface area contributed by atoms with Crippen molar-refractivity contribution in [1.82, 2.24) is 10.2 Å². The number of carbonyl (C=O) groups excluding carboxylic acids is 1. The minimum atomic E-state index is -0.719. The maximum absolute atomic E-state index is 11.9. The number of amides is 1. The molecule has 0 aliphatic rings. The Morgan fingerprint density at radius 2 is 2.19 bits per heavy atom. The van der Waals surface area contributed by atoms with Gasteiger partial charge in [0.15, 0.2) is 0 Å². The Morgan fingerprint density at radius 1 is 1.52 bits per heavy atom. The second-order valence-corrected chi connectivity index (χ2v) is 4.92. The third-order valence-corrected chi connectivity index (χ3v) is 3.55. The monoisotopic (exact) mass is 295 g/mol. The minimum Gasteiger partial charge on any atom is -0.502 e. The highest BCUT2D eigenvalue weighted by Crippen LogP contribution is 2.28. The van der Waals surface area contributed by atoms with Gasteiger partial charge in [0, 0.05) is 25.2 Å². The molecule has 0 spiro atoms. The van der Waals surface area contributed by atoms with Crippen molar-refractivity contribution in [3.63, 3.8) is 0 Å². The molecule has 0 saturated heterocycles. The fourth-order valence-corrected chi connectivity index (χ4v) is 1.83. The van der Waals surface area contributed by atoms with Crippen molar-refractivity contribution < 1.29 is 14.8 Å². The predicted molar refractivity (Wildman–Crippen MR) is 79.5 cm³/mol. The van der Waals surface area contributed by atoms with E-state index in [4.69, 9.17) is 0 Å². The molecule has 1 rings (SSSR count). The van der Waals surface area contributed by atoms with Crippen LogP contribution in [0.25, 0.3) is 0 Å². The summed E-state index contributed by atoms with van der Waals surface area (Å²) >= 11 is 0. The van der Waals surface area contributed by atoms with E-state index in [1.165, 1.54) is 12.1 Å².